The summed E-state index contributed by atoms with van der Waals surface area (Å²) in [6.07, 6.45) is 1.40. The van der Waals surface area contributed by atoms with Crippen LogP contribution in [0.4, 0.5) is 5.82 Å². The average molecular weight is 387 g/mol. The molecule has 0 saturated heterocycles. The normalized spacial score (nSPS) is 16.1. The van der Waals surface area contributed by atoms with Crippen molar-refractivity contribution >= 4 is 17.4 Å². The van der Waals surface area contributed by atoms with Crippen molar-refractivity contribution in [1.82, 2.24) is 29.6 Å². The number of hydrogen-bond donors (Lipinski definition) is 1. The van der Waals surface area contributed by atoms with Gasteiger partial charge in [0.15, 0.2) is 17.3 Å². The van der Waals surface area contributed by atoms with Crippen LogP contribution in [0.2, 0.25) is 0 Å². The van der Waals surface area contributed by atoms with Crippen LogP contribution in [0, 0.1) is 13.8 Å². The summed E-state index contributed by atoms with van der Waals surface area (Å²) in [4.78, 5) is 12.6. The molecule has 29 heavy (non-hydrogen) atoms. The molecule has 0 radical (unpaired) electrons. The molecule has 1 amide bonds. The van der Waals surface area contributed by atoms with Crippen LogP contribution >= 0.6 is 0 Å². The highest BCUT2D eigenvalue weighted by Crippen LogP contribution is 2.40. The number of benzene rings is 1. The van der Waals surface area contributed by atoms with Crippen molar-refractivity contribution in [2.24, 2.45) is 0 Å². The number of nitrogens with zero attached hydrogens (tertiary/aromatic N) is 6. The van der Waals surface area contributed by atoms with Gasteiger partial charge in [0.2, 0.25) is 5.91 Å². The highest BCUT2D eigenvalue weighted by molar-refractivity contribution is 5.95. The smallest absolute Gasteiger partial charge is 0.226 e. The summed E-state index contributed by atoms with van der Waals surface area (Å²) in [7, 11) is 0. The molecule has 0 spiro atoms. The zero-order chi connectivity index (χ0) is 20.1. The third-order valence-electron chi connectivity index (χ3n) is 5.51. The van der Waals surface area contributed by atoms with E-state index in [1.807, 2.05) is 26.0 Å². The van der Waals surface area contributed by atoms with Crippen molar-refractivity contribution in [2.45, 2.75) is 39.5 Å². The van der Waals surface area contributed by atoms with E-state index in [-0.39, 0.29) is 11.8 Å². The van der Waals surface area contributed by atoms with E-state index in [0.29, 0.717) is 29.5 Å². The first kappa shape index (κ1) is 17.5. The standard InChI is InChI=1S/C21H21N7O/c1-4-14-5-7-15(8-6-14)16-11-19(29)22-21-20(16)12(2)25-28(21)18-10-9-17-24-23-13(3)27(17)26-18/h5-10,16H,4,11H2,1-3H3,(H,22,29). The van der Waals surface area contributed by atoms with Gasteiger partial charge in [0.05, 0.1) is 5.69 Å². The number of aryl methyl sites for hydroxylation is 3. The second-order valence-corrected chi connectivity index (χ2v) is 7.37. The van der Waals surface area contributed by atoms with E-state index in [1.54, 1.807) is 9.20 Å². The number of nitrogens with one attached hydrogen (secondary N) is 1. The maximum absolute atomic E-state index is 12.6. The molecule has 0 fully saturated rings. The highest BCUT2D eigenvalue weighted by atomic mass is 16.1. The molecule has 1 aliphatic heterocycles. The lowest BCUT2D eigenvalue weighted by Crippen LogP contribution is -2.25. The van der Waals surface area contributed by atoms with Crippen molar-refractivity contribution in [3.63, 3.8) is 0 Å². The van der Waals surface area contributed by atoms with E-state index < -0.39 is 0 Å². The summed E-state index contributed by atoms with van der Waals surface area (Å²) in [5, 5.41) is 20.5. The Bertz CT molecular complexity index is 1240. The second-order valence-electron chi connectivity index (χ2n) is 7.37. The van der Waals surface area contributed by atoms with Crippen LogP contribution in [0.25, 0.3) is 11.5 Å². The maximum Gasteiger partial charge on any atom is 0.226 e. The lowest BCUT2D eigenvalue weighted by molar-refractivity contribution is -0.116. The molecular weight excluding hydrogens is 366 g/mol. The van der Waals surface area contributed by atoms with Gasteiger partial charge in [-0.2, -0.15) is 14.3 Å². The van der Waals surface area contributed by atoms with Crippen LogP contribution in [0.1, 0.15) is 47.5 Å². The zero-order valence-electron chi connectivity index (χ0n) is 16.5. The van der Waals surface area contributed by atoms with Gasteiger partial charge in [0.25, 0.3) is 0 Å². The summed E-state index contributed by atoms with van der Waals surface area (Å²) in [6.45, 7) is 5.96. The number of carbonyl (C=O) groups excluding carboxylic acids is 1. The Labute approximate surface area is 167 Å². The van der Waals surface area contributed by atoms with Gasteiger partial charge in [0.1, 0.15) is 5.82 Å². The first-order valence-electron chi connectivity index (χ1n) is 9.72. The highest BCUT2D eigenvalue weighted by Gasteiger charge is 2.33. The van der Waals surface area contributed by atoms with Gasteiger partial charge in [-0.1, -0.05) is 31.2 Å². The Balaban J connectivity index is 1.65. The van der Waals surface area contributed by atoms with E-state index >= 15 is 0 Å². The van der Waals surface area contributed by atoms with Crippen LogP contribution in [0.5, 0.6) is 0 Å². The van der Waals surface area contributed by atoms with E-state index in [4.69, 9.17) is 5.10 Å². The molecule has 5 rings (SSSR count). The molecule has 1 N–H and O–H groups in total. The zero-order valence-corrected chi connectivity index (χ0v) is 16.5. The fourth-order valence-electron chi connectivity index (χ4n) is 3.98. The predicted molar refractivity (Wildman–Crippen MR) is 108 cm³/mol. The molecule has 0 aliphatic carbocycles. The maximum atomic E-state index is 12.6. The van der Waals surface area contributed by atoms with Gasteiger partial charge >= 0.3 is 0 Å². The van der Waals surface area contributed by atoms with Gasteiger partial charge in [-0.05, 0) is 43.5 Å². The molecule has 1 unspecified atom stereocenters. The third kappa shape index (κ3) is 2.79. The molecule has 8 nitrogen and oxygen atoms in total. The molecule has 8 heteroatoms. The number of hydrogen-bond acceptors (Lipinski definition) is 5. The van der Waals surface area contributed by atoms with E-state index in [9.17, 15) is 4.79 Å². The molecule has 1 aliphatic rings. The van der Waals surface area contributed by atoms with Gasteiger partial charge < -0.3 is 5.32 Å². The fraction of sp³-hybridized carbons (Fsp3) is 0.286. The number of amides is 1. The lowest BCUT2D eigenvalue weighted by atomic mass is 9.85. The fourth-order valence-corrected chi connectivity index (χ4v) is 3.98. The second kappa shape index (κ2) is 6.51. The molecule has 0 saturated carbocycles. The molecule has 3 aromatic heterocycles. The van der Waals surface area contributed by atoms with Gasteiger partial charge in [-0.3, -0.25) is 4.79 Å². The molecular formula is C21H21N7O. The Morgan fingerprint density at radius 2 is 1.86 bits per heavy atom. The number of fused-ring (bicyclic) bond motifs is 2. The molecule has 0 bridgehead atoms. The Hall–Kier alpha value is -3.55. The number of rotatable bonds is 3. The Morgan fingerprint density at radius 3 is 2.62 bits per heavy atom. The number of aromatic nitrogens is 6. The quantitative estimate of drug-likeness (QED) is 0.584. The Morgan fingerprint density at radius 1 is 1.07 bits per heavy atom. The minimum Gasteiger partial charge on any atom is -0.310 e. The monoisotopic (exact) mass is 387 g/mol. The Kier molecular flexibility index (Phi) is 3.94. The summed E-state index contributed by atoms with van der Waals surface area (Å²) < 4.78 is 3.37. The van der Waals surface area contributed by atoms with E-state index in [2.05, 4.69) is 51.8 Å². The van der Waals surface area contributed by atoms with E-state index in [0.717, 1.165) is 23.2 Å². The first-order valence-corrected chi connectivity index (χ1v) is 9.72. The van der Waals surface area contributed by atoms with Crippen molar-refractivity contribution in [3.05, 3.63) is 64.6 Å². The summed E-state index contributed by atoms with van der Waals surface area (Å²) in [5.41, 5.74) is 4.99. The van der Waals surface area contributed by atoms with Crippen LogP contribution in [0.15, 0.2) is 36.4 Å². The van der Waals surface area contributed by atoms with Gasteiger partial charge in [0, 0.05) is 17.9 Å². The van der Waals surface area contributed by atoms with Crippen LogP contribution in [-0.4, -0.2) is 35.5 Å². The molecule has 4 aromatic rings. The predicted octanol–water partition coefficient (Wildman–Crippen LogP) is 2.96. The third-order valence-corrected chi connectivity index (χ3v) is 5.51. The van der Waals surface area contributed by atoms with E-state index in [1.165, 1.54) is 5.56 Å². The van der Waals surface area contributed by atoms with Crippen molar-refractivity contribution in [3.8, 4) is 5.82 Å². The number of carbonyl (C=O) groups is 1. The molecule has 4 heterocycles. The largest absolute Gasteiger partial charge is 0.310 e. The minimum absolute atomic E-state index is 0.0234. The van der Waals surface area contributed by atoms with Crippen LogP contribution in [0.3, 0.4) is 0 Å². The van der Waals surface area contributed by atoms with Crippen LogP contribution < -0.4 is 5.32 Å². The van der Waals surface area contributed by atoms with Crippen molar-refractivity contribution in [1.29, 1.82) is 0 Å². The SMILES string of the molecule is CCc1ccc(C2CC(=O)Nc3c2c(C)nn3-c2ccc3nnc(C)n3n2)cc1. The number of anilines is 1. The summed E-state index contributed by atoms with van der Waals surface area (Å²) in [5.74, 6) is 1.93. The van der Waals surface area contributed by atoms with Gasteiger partial charge in [-0.25, -0.2) is 0 Å². The summed E-state index contributed by atoms with van der Waals surface area (Å²) >= 11 is 0. The average Bonchev–Trinajstić information content (AvgIpc) is 3.27. The molecule has 1 aromatic carbocycles. The molecule has 146 valence electrons. The van der Waals surface area contributed by atoms with Gasteiger partial charge in [-0.15, -0.1) is 15.3 Å². The minimum atomic E-state index is -0.0289. The van der Waals surface area contributed by atoms with Crippen LogP contribution in [-0.2, 0) is 11.2 Å². The van der Waals surface area contributed by atoms with Crippen molar-refractivity contribution < 1.29 is 4.79 Å². The molecule has 1 atom stereocenters. The lowest BCUT2D eigenvalue weighted by Gasteiger charge is -2.24. The van der Waals surface area contributed by atoms with Crippen molar-refractivity contribution in [2.75, 3.05) is 5.32 Å². The topological polar surface area (TPSA) is 90.0 Å². The summed E-state index contributed by atoms with van der Waals surface area (Å²) in [6, 6.07) is 12.2. The first-order chi connectivity index (χ1) is 14.0.